The van der Waals surface area contributed by atoms with Crippen molar-refractivity contribution < 1.29 is 18.0 Å². The maximum Gasteiger partial charge on any atom is 0.416 e. The molecule has 0 fully saturated rings. The number of alkyl halides is 3. The molecule has 4 N–H and O–H groups in total. The quantitative estimate of drug-likeness (QED) is 0.727. The van der Waals surface area contributed by atoms with Crippen molar-refractivity contribution in [1.29, 1.82) is 5.26 Å². The second kappa shape index (κ2) is 7.77. The molecule has 0 aliphatic carbocycles. The molecule has 8 nitrogen and oxygen atoms in total. The lowest BCUT2D eigenvalue weighted by atomic mass is 10.2. The lowest BCUT2D eigenvalue weighted by molar-refractivity contribution is -0.137. The highest BCUT2D eigenvalue weighted by Gasteiger charge is 2.30. The van der Waals surface area contributed by atoms with E-state index < -0.39 is 17.6 Å². The van der Waals surface area contributed by atoms with Crippen LogP contribution in [0, 0.1) is 11.3 Å². The van der Waals surface area contributed by atoms with Crippen molar-refractivity contribution in [2.75, 3.05) is 41.9 Å². The van der Waals surface area contributed by atoms with Crippen LogP contribution in [0.1, 0.15) is 11.1 Å². The van der Waals surface area contributed by atoms with E-state index >= 15 is 0 Å². The van der Waals surface area contributed by atoms with Gasteiger partial charge in [-0.1, -0.05) is 6.07 Å². The number of nitriles is 1. The molecule has 0 spiro atoms. The normalized spacial score (nSPS) is 10.8. The minimum atomic E-state index is -4.51. The number of aromatic nitrogens is 2. The molecule has 11 heteroatoms. The Morgan fingerprint density at radius 2 is 2.04 bits per heavy atom. The third-order valence-electron chi connectivity index (χ3n) is 3.33. The molecular weight excluding hydrogens is 363 g/mol. The summed E-state index contributed by atoms with van der Waals surface area (Å²) >= 11 is 0. The van der Waals surface area contributed by atoms with Gasteiger partial charge in [-0.3, -0.25) is 4.79 Å². The van der Waals surface area contributed by atoms with Gasteiger partial charge in [-0.2, -0.15) is 28.4 Å². The molecule has 0 aliphatic rings. The summed E-state index contributed by atoms with van der Waals surface area (Å²) in [4.78, 5) is 21.4. The second-order valence-corrected chi connectivity index (χ2v) is 5.62. The van der Waals surface area contributed by atoms with Crippen LogP contribution in [-0.2, 0) is 11.0 Å². The van der Waals surface area contributed by atoms with Gasteiger partial charge in [-0.05, 0) is 18.2 Å². The topological polar surface area (TPSA) is 120 Å². The lowest BCUT2D eigenvalue weighted by Gasteiger charge is -2.16. The largest absolute Gasteiger partial charge is 0.416 e. The highest BCUT2D eigenvalue weighted by atomic mass is 19.4. The standard InChI is InChI=1S/C16H16F3N7O/c1-26(2)14-11(7-20)13(24-15(21)25-14)22-8-12(27)23-10-5-3-4-9(6-10)16(17,18)19/h3-6H,8H2,1-2H3,(H,23,27)(H3,21,22,24,25). The fourth-order valence-corrected chi connectivity index (χ4v) is 2.16. The summed E-state index contributed by atoms with van der Waals surface area (Å²) in [7, 11) is 3.32. The van der Waals surface area contributed by atoms with E-state index in [1.807, 2.05) is 6.07 Å². The van der Waals surface area contributed by atoms with Gasteiger partial charge in [0.15, 0.2) is 11.6 Å². The number of anilines is 4. The number of carbonyl (C=O) groups excluding carboxylic acids is 1. The molecule has 1 aromatic carbocycles. The Bertz CT molecular complexity index is 891. The van der Waals surface area contributed by atoms with Gasteiger partial charge in [0.2, 0.25) is 11.9 Å². The third-order valence-corrected chi connectivity index (χ3v) is 3.33. The van der Waals surface area contributed by atoms with Crippen LogP contribution in [0.2, 0.25) is 0 Å². The Morgan fingerprint density at radius 1 is 1.33 bits per heavy atom. The smallest absolute Gasteiger partial charge is 0.368 e. The number of carbonyl (C=O) groups is 1. The van der Waals surface area contributed by atoms with E-state index in [0.29, 0.717) is 0 Å². The van der Waals surface area contributed by atoms with Gasteiger partial charge in [0.1, 0.15) is 11.6 Å². The highest BCUT2D eigenvalue weighted by Crippen LogP contribution is 2.30. The first-order valence-electron chi connectivity index (χ1n) is 7.57. The zero-order valence-electron chi connectivity index (χ0n) is 14.4. The van der Waals surface area contributed by atoms with Crippen LogP contribution in [0.4, 0.5) is 36.4 Å². The van der Waals surface area contributed by atoms with E-state index in [0.717, 1.165) is 12.1 Å². The van der Waals surface area contributed by atoms with E-state index in [-0.39, 0.29) is 35.4 Å². The number of hydrogen-bond donors (Lipinski definition) is 3. The van der Waals surface area contributed by atoms with Crippen molar-refractivity contribution in [3.63, 3.8) is 0 Å². The van der Waals surface area contributed by atoms with E-state index in [2.05, 4.69) is 20.6 Å². The van der Waals surface area contributed by atoms with E-state index in [1.54, 1.807) is 19.0 Å². The molecule has 0 aliphatic heterocycles. The molecule has 27 heavy (non-hydrogen) atoms. The van der Waals surface area contributed by atoms with Gasteiger partial charge in [0.05, 0.1) is 12.1 Å². The summed E-state index contributed by atoms with van der Waals surface area (Å²) in [5.41, 5.74) is 4.81. The van der Waals surface area contributed by atoms with Gasteiger partial charge >= 0.3 is 6.18 Å². The van der Waals surface area contributed by atoms with Crippen molar-refractivity contribution in [3.05, 3.63) is 35.4 Å². The molecule has 0 unspecified atom stereocenters. The van der Waals surface area contributed by atoms with E-state index in [4.69, 9.17) is 5.73 Å². The fraction of sp³-hybridized carbons (Fsp3) is 0.250. The third kappa shape index (κ3) is 4.97. The molecular formula is C16H16F3N7O. The zero-order chi connectivity index (χ0) is 20.2. The minimum Gasteiger partial charge on any atom is -0.368 e. The number of benzene rings is 1. The predicted molar refractivity (Wildman–Crippen MR) is 94.0 cm³/mol. The van der Waals surface area contributed by atoms with Gasteiger partial charge < -0.3 is 21.3 Å². The number of amides is 1. The summed E-state index contributed by atoms with van der Waals surface area (Å²) < 4.78 is 38.1. The Morgan fingerprint density at radius 3 is 2.63 bits per heavy atom. The lowest BCUT2D eigenvalue weighted by Crippen LogP contribution is -2.24. The predicted octanol–water partition coefficient (Wildman–Crippen LogP) is 2.07. The molecule has 0 bridgehead atoms. The number of nitrogens with one attached hydrogen (secondary N) is 2. The summed E-state index contributed by atoms with van der Waals surface area (Å²) in [6.45, 7) is -0.339. The number of nitrogen functional groups attached to an aromatic ring is 1. The maximum absolute atomic E-state index is 12.7. The Kier molecular flexibility index (Phi) is 5.69. The first kappa shape index (κ1) is 19.8. The molecule has 1 heterocycles. The van der Waals surface area contributed by atoms with Crippen molar-refractivity contribution in [2.24, 2.45) is 0 Å². The maximum atomic E-state index is 12.7. The average Bonchev–Trinajstić information content (AvgIpc) is 2.58. The number of rotatable bonds is 5. The van der Waals surface area contributed by atoms with Crippen molar-refractivity contribution >= 4 is 29.2 Å². The molecule has 2 aromatic rings. The van der Waals surface area contributed by atoms with Crippen LogP contribution in [-0.4, -0.2) is 36.5 Å². The SMILES string of the molecule is CN(C)c1nc(N)nc(NCC(=O)Nc2cccc(C(F)(F)F)c2)c1C#N. The number of hydrogen-bond acceptors (Lipinski definition) is 7. The van der Waals surface area contributed by atoms with Gasteiger partial charge in [-0.25, -0.2) is 0 Å². The molecule has 0 saturated carbocycles. The van der Waals surface area contributed by atoms with Gasteiger partial charge in [0.25, 0.3) is 0 Å². The fourth-order valence-electron chi connectivity index (χ4n) is 2.16. The zero-order valence-corrected chi connectivity index (χ0v) is 14.4. The summed E-state index contributed by atoms with van der Waals surface area (Å²) in [6.07, 6.45) is -4.51. The molecule has 0 saturated heterocycles. The number of nitrogens with two attached hydrogens (primary N) is 1. The van der Waals surface area contributed by atoms with Crippen LogP contribution < -0.4 is 21.3 Å². The van der Waals surface area contributed by atoms with Crippen LogP contribution in [0.25, 0.3) is 0 Å². The first-order valence-corrected chi connectivity index (χ1v) is 7.57. The van der Waals surface area contributed by atoms with Crippen molar-refractivity contribution in [2.45, 2.75) is 6.18 Å². The summed E-state index contributed by atoms with van der Waals surface area (Å²) in [5.74, 6) is -0.404. The summed E-state index contributed by atoms with van der Waals surface area (Å²) in [6, 6.07) is 6.18. The Balaban J connectivity index is 2.12. The highest BCUT2D eigenvalue weighted by molar-refractivity contribution is 5.94. The minimum absolute atomic E-state index is 0.00619. The van der Waals surface area contributed by atoms with Crippen LogP contribution in [0.3, 0.4) is 0 Å². The number of halogens is 3. The Hall–Kier alpha value is -3.55. The molecule has 2 rings (SSSR count). The summed E-state index contributed by atoms with van der Waals surface area (Å²) in [5, 5.41) is 14.3. The molecule has 142 valence electrons. The van der Waals surface area contributed by atoms with E-state index in [9.17, 15) is 23.2 Å². The van der Waals surface area contributed by atoms with Crippen LogP contribution >= 0.6 is 0 Å². The second-order valence-electron chi connectivity index (χ2n) is 5.62. The number of nitrogens with zero attached hydrogens (tertiary/aromatic N) is 4. The van der Waals surface area contributed by atoms with E-state index in [1.165, 1.54) is 12.1 Å². The average molecular weight is 379 g/mol. The van der Waals surface area contributed by atoms with Crippen LogP contribution in [0.5, 0.6) is 0 Å². The molecule has 1 amide bonds. The molecule has 0 atom stereocenters. The van der Waals surface area contributed by atoms with Gasteiger partial charge in [-0.15, -0.1) is 0 Å². The van der Waals surface area contributed by atoms with Crippen molar-refractivity contribution in [3.8, 4) is 6.07 Å². The van der Waals surface area contributed by atoms with Crippen LogP contribution in [0.15, 0.2) is 24.3 Å². The molecule has 0 radical (unpaired) electrons. The molecule has 1 aromatic heterocycles. The van der Waals surface area contributed by atoms with Gasteiger partial charge in [0, 0.05) is 19.8 Å². The van der Waals surface area contributed by atoms with Crippen molar-refractivity contribution in [1.82, 2.24) is 9.97 Å². The monoisotopic (exact) mass is 379 g/mol. The Labute approximate surface area is 152 Å². The first-order chi connectivity index (χ1) is 12.6.